The van der Waals surface area contributed by atoms with Crippen LogP contribution in [0.15, 0.2) is 36.4 Å². The van der Waals surface area contributed by atoms with Gasteiger partial charge in [-0.3, -0.25) is 4.68 Å². The predicted molar refractivity (Wildman–Crippen MR) is 99.5 cm³/mol. The van der Waals surface area contributed by atoms with Gasteiger partial charge < -0.3 is 15.4 Å². The summed E-state index contributed by atoms with van der Waals surface area (Å²) < 4.78 is 7.65. The second-order valence-electron chi connectivity index (χ2n) is 7.11. The highest BCUT2D eigenvalue weighted by atomic mass is 16.5. The molecule has 1 heterocycles. The van der Waals surface area contributed by atoms with Crippen molar-refractivity contribution in [3.8, 4) is 5.75 Å². The number of amides is 2. The van der Waals surface area contributed by atoms with Crippen molar-refractivity contribution in [1.29, 1.82) is 0 Å². The first kappa shape index (κ1) is 16.9. The van der Waals surface area contributed by atoms with E-state index in [0.717, 1.165) is 12.3 Å². The summed E-state index contributed by atoms with van der Waals surface area (Å²) in [5.74, 6) is 2.17. The Labute approximate surface area is 153 Å². The fourth-order valence-electron chi connectivity index (χ4n) is 3.11. The van der Waals surface area contributed by atoms with Gasteiger partial charge in [-0.2, -0.15) is 5.10 Å². The molecular weight excluding hydrogens is 328 g/mol. The first-order valence-corrected chi connectivity index (χ1v) is 9.57. The molecule has 2 fully saturated rings. The number of para-hydroxylation sites is 1. The Hall–Kier alpha value is -2.50. The summed E-state index contributed by atoms with van der Waals surface area (Å²) in [7, 11) is 0. The van der Waals surface area contributed by atoms with Gasteiger partial charge in [0, 0.05) is 24.1 Å². The zero-order valence-corrected chi connectivity index (χ0v) is 15.0. The summed E-state index contributed by atoms with van der Waals surface area (Å²) in [4.78, 5) is 11.9. The van der Waals surface area contributed by atoms with E-state index in [4.69, 9.17) is 9.84 Å². The molecule has 2 aliphatic carbocycles. The maximum absolute atomic E-state index is 11.9. The van der Waals surface area contributed by atoms with Crippen LogP contribution in [0.3, 0.4) is 0 Å². The molecule has 0 unspecified atom stereocenters. The normalized spacial score (nSPS) is 16.3. The summed E-state index contributed by atoms with van der Waals surface area (Å²) in [5.41, 5.74) is 2.60. The van der Waals surface area contributed by atoms with Crippen LogP contribution in [0, 0.1) is 0 Å². The number of aromatic nitrogens is 2. The molecule has 0 radical (unpaired) electrons. The van der Waals surface area contributed by atoms with Crippen LogP contribution in [-0.4, -0.2) is 35.5 Å². The maximum atomic E-state index is 11.9. The van der Waals surface area contributed by atoms with Crippen LogP contribution in [0.2, 0.25) is 0 Å². The van der Waals surface area contributed by atoms with E-state index in [1.807, 2.05) is 30.3 Å². The van der Waals surface area contributed by atoms with Crippen molar-refractivity contribution in [2.24, 2.45) is 0 Å². The van der Waals surface area contributed by atoms with Crippen molar-refractivity contribution < 1.29 is 9.53 Å². The largest absolute Gasteiger partial charge is 0.492 e. The maximum Gasteiger partial charge on any atom is 0.314 e. The standard InChI is InChI=1S/C20H26N4O2/c25-20(22-11-13-26-17-4-2-1-3-5-17)21-10-12-24-19(16-8-9-16)14-18(23-24)15-6-7-15/h1-5,14-16H,6-13H2,(H2,21,22,25). The smallest absolute Gasteiger partial charge is 0.314 e. The number of hydrogen-bond donors (Lipinski definition) is 2. The molecule has 0 aliphatic heterocycles. The van der Waals surface area contributed by atoms with E-state index in [2.05, 4.69) is 21.4 Å². The van der Waals surface area contributed by atoms with Crippen LogP contribution in [0.25, 0.3) is 0 Å². The van der Waals surface area contributed by atoms with Crippen LogP contribution in [-0.2, 0) is 6.54 Å². The van der Waals surface area contributed by atoms with Crippen molar-refractivity contribution in [2.45, 2.75) is 44.1 Å². The molecule has 2 aromatic rings. The highest BCUT2D eigenvalue weighted by molar-refractivity contribution is 5.73. The van der Waals surface area contributed by atoms with Crippen LogP contribution >= 0.6 is 0 Å². The van der Waals surface area contributed by atoms with Crippen LogP contribution in [0.4, 0.5) is 4.79 Å². The topological polar surface area (TPSA) is 68.2 Å². The highest BCUT2D eigenvalue weighted by Crippen LogP contribution is 2.44. The highest BCUT2D eigenvalue weighted by Gasteiger charge is 2.32. The zero-order chi connectivity index (χ0) is 17.8. The Balaban J connectivity index is 1.16. The average molecular weight is 354 g/mol. The number of ether oxygens (including phenoxy) is 1. The molecule has 1 aromatic carbocycles. The summed E-state index contributed by atoms with van der Waals surface area (Å²) in [6, 6.07) is 11.7. The lowest BCUT2D eigenvalue weighted by Gasteiger charge is -2.10. The van der Waals surface area contributed by atoms with E-state index in [-0.39, 0.29) is 6.03 Å². The van der Waals surface area contributed by atoms with Gasteiger partial charge in [-0.1, -0.05) is 18.2 Å². The second kappa shape index (κ2) is 7.81. The van der Waals surface area contributed by atoms with Gasteiger partial charge >= 0.3 is 6.03 Å². The minimum atomic E-state index is -0.163. The van der Waals surface area contributed by atoms with Gasteiger partial charge in [-0.15, -0.1) is 0 Å². The summed E-state index contributed by atoms with van der Waals surface area (Å²) >= 11 is 0. The van der Waals surface area contributed by atoms with Crippen LogP contribution in [0.1, 0.15) is 48.9 Å². The molecule has 26 heavy (non-hydrogen) atoms. The minimum absolute atomic E-state index is 0.163. The number of hydrogen-bond acceptors (Lipinski definition) is 3. The van der Waals surface area contributed by atoms with E-state index in [0.29, 0.717) is 31.5 Å². The molecule has 1 aromatic heterocycles. The third-order valence-corrected chi connectivity index (χ3v) is 4.83. The fraction of sp³-hybridized carbons (Fsp3) is 0.500. The minimum Gasteiger partial charge on any atom is -0.492 e. The lowest BCUT2D eigenvalue weighted by atomic mass is 10.2. The van der Waals surface area contributed by atoms with Gasteiger partial charge in [0.25, 0.3) is 0 Å². The van der Waals surface area contributed by atoms with Crippen LogP contribution < -0.4 is 15.4 Å². The lowest BCUT2D eigenvalue weighted by Crippen LogP contribution is -2.39. The Morgan fingerprint density at radius 1 is 1.08 bits per heavy atom. The van der Waals surface area contributed by atoms with E-state index in [9.17, 15) is 4.79 Å². The van der Waals surface area contributed by atoms with Gasteiger partial charge in [-0.25, -0.2) is 4.79 Å². The molecule has 2 aliphatic rings. The molecular formula is C20H26N4O2. The molecule has 0 bridgehead atoms. The van der Waals surface area contributed by atoms with Crippen molar-refractivity contribution in [3.63, 3.8) is 0 Å². The fourth-order valence-corrected chi connectivity index (χ4v) is 3.11. The van der Waals surface area contributed by atoms with Gasteiger partial charge in [0.15, 0.2) is 0 Å². The molecule has 2 amide bonds. The molecule has 0 saturated heterocycles. The van der Waals surface area contributed by atoms with Crippen molar-refractivity contribution in [1.82, 2.24) is 20.4 Å². The number of nitrogens with zero attached hydrogens (tertiary/aromatic N) is 2. The summed E-state index contributed by atoms with van der Waals surface area (Å²) in [6.07, 6.45) is 5.08. The third-order valence-electron chi connectivity index (χ3n) is 4.83. The Morgan fingerprint density at radius 3 is 2.54 bits per heavy atom. The van der Waals surface area contributed by atoms with Gasteiger partial charge in [0.1, 0.15) is 12.4 Å². The van der Waals surface area contributed by atoms with Crippen molar-refractivity contribution >= 4 is 6.03 Å². The Bertz CT molecular complexity index is 736. The first-order chi connectivity index (χ1) is 12.8. The lowest BCUT2D eigenvalue weighted by molar-refractivity contribution is 0.236. The quantitative estimate of drug-likeness (QED) is 0.680. The van der Waals surface area contributed by atoms with Gasteiger partial charge in [0.05, 0.1) is 18.8 Å². The number of urea groups is 1. The number of nitrogens with one attached hydrogen (secondary N) is 2. The van der Waals surface area contributed by atoms with E-state index < -0.39 is 0 Å². The third kappa shape index (κ3) is 4.56. The molecule has 6 heteroatoms. The summed E-state index contributed by atoms with van der Waals surface area (Å²) in [6.45, 7) is 2.23. The monoisotopic (exact) mass is 354 g/mol. The predicted octanol–water partition coefficient (Wildman–Crippen LogP) is 3.02. The second-order valence-corrected chi connectivity index (χ2v) is 7.11. The average Bonchev–Trinajstić information content (AvgIpc) is 3.58. The van der Waals surface area contributed by atoms with Gasteiger partial charge in [0.2, 0.25) is 0 Å². The molecule has 6 nitrogen and oxygen atoms in total. The zero-order valence-electron chi connectivity index (χ0n) is 15.0. The molecule has 2 N–H and O–H groups in total. The molecule has 2 saturated carbocycles. The van der Waals surface area contributed by atoms with Gasteiger partial charge in [-0.05, 0) is 43.9 Å². The van der Waals surface area contributed by atoms with Crippen molar-refractivity contribution in [2.75, 3.05) is 19.7 Å². The number of carbonyl (C=O) groups excluding carboxylic acids is 1. The Kier molecular flexibility index (Phi) is 5.09. The van der Waals surface area contributed by atoms with E-state index >= 15 is 0 Å². The first-order valence-electron chi connectivity index (χ1n) is 9.57. The molecule has 4 rings (SSSR count). The molecule has 0 atom stereocenters. The number of benzene rings is 1. The molecule has 0 spiro atoms. The number of rotatable bonds is 9. The SMILES string of the molecule is O=C(NCCOc1ccccc1)NCCn1nc(C2CC2)cc1C1CC1. The van der Waals surface area contributed by atoms with Crippen LogP contribution in [0.5, 0.6) is 5.75 Å². The summed E-state index contributed by atoms with van der Waals surface area (Å²) in [5, 5.41) is 10.5. The van der Waals surface area contributed by atoms with E-state index in [1.54, 1.807) is 0 Å². The Morgan fingerprint density at radius 2 is 1.81 bits per heavy atom. The van der Waals surface area contributed by atoms with Crippen molar-refractivity contribution in [3.05, 3.63) is 47.8 Å². The van der Waals surface area contributed by atoms with E-state index in [1.165, 1.54) is 37.1 Å². The molecule has 138 valence electrons. The number of carbonyl (C=O) groups is 1.